The number of hydrogen-bond donors (Lipinski definition) is 0. The average molecular weight is 156 g/mol. The van der Waals surface area contributed by atoms with Crippen molar-refractivity contribution in [3.63, 3.8) is 0 Å². The molecule has 3 nitrogen and oxygen atoms in total. The first-order valence-electron chi connectivity index (χ1n) is 3.79. The van der Waals surface area contributed by atoms with E-state index in [4.69, 9.17) is 14.7 Å². The van der Waals surface area contributed by atoms with Crippen molar-refractivity contribution in [3.8, 4) is 6.07 Å². The van der Waals surface area contributed by atoms with E-state index in [2.05, 4.69) is 0 Å². The van der Waals surface area contributed by atoms with Gasteiger partial charge >= 0.3 is 0 Å². The Morgan fingerprint density at radius 1 is 1.36 bits per heavy atom. The predicted octanol–water partition coefficient (Wildman–Crippen LogP) is 1.50. The molecule has 0 amide bonds. The number of hydrogen-bond acceptors (Lipinski definition) is 3. The Bertz CT molecular complexity index is 114. The van der Waals surface area contributed by atoms with E-state index >= 15 is 0 Å². The van der Waals surface area contributed by atoms with Crippen LogP contribution in [0.2, 0.25) is 0 Å². The molecule has 0 saturated carbocycles. The molecule has 0 aromatic carbocycles. The number of ether oxygens (including phenoxy) is 2. The van der Waals surface area contributed by atoms with E-state index in [0.29, 0.717) is 19.6 Å². The quantitative estimate of drug-likeness (QED) is 0.547. The lowest BCUT2D eigenvalue weighted by atomic mass is 10.3. The standard InChI is InChI=1S/C8H14NO2/c1-3-10-8(11-4-2)6-5-7-9/h5,8H,3-4,6H2,1-2H3. The fourth-order valence-corrected chi connectivity index (χ4v) is 0.705. The van der Waals surface area contributed by atoms with Crippen molar-refractivity contribution in [2.45, 2.75) is 26.6 Å². The second-order valence-corrected chi connectivity index (χ2v) is 1.91. The SMILES string of the molecule is CCOC(C[CH]C#N)OCC. The Hall–Kier alpha value is -0.590. The van der Waals surface area contributed by atoms with Gasteiger partial charge in [0.2, 0.25) is 0 Å². The zero-order chi connectivity index (χ0) is 8.53. The third-order valence-corrected chi connectivity index (χ3v) is 1.11. The summed E-state index contributed by atoms with van der Waals surface area (Å²) in [5.74, 6) is 0. The highest BCUT2D eigenvalue weighted by atomic mass is 16.7. The third-order valence-electron chi connectivity index (χ3n) is 1.11. The van der Waals surface area contributed by atoms with Gasteiger partial charge in [-0.05, 0) is 13.8 Å². The zero-order valence-corrected chi connectivity index (χ0v) is 7.04. The van der Waals surface area contributed by atoms with Crippen LogP contribution in [0, 0.1) is 17.8 Å². The van der Waals surface area contributed by atoms with Crippen molar-refractivity contribution in [1.29, 1.82) is 5.26 Å². The molecule has 0 atom stereocenters. The van der Waals surface area contributed by atoms with Gasteiger partial charge in [-0.1, -0.05) is 0 Å². The molecule has 0 aromatic heterocycles. The molecule has 0 rings (SSSR count). The minimum atomic E-state index is -0.246. The van der Waals surface area contributed by atoms with Crippen LogP contribution in [0.4, 0.5) is 0 Å². The summed E-state index contributed by atoms with van der Waals surface area (Å²) in [7, 11) is 0. The van der Waals surface area contributed by atoms with Gasteiger partial charge in [-0.3, -0.25) is 0 Å². The Labute approximate surface area is 67.9 Å². The van der Waals surface area contributed by atoms with Crippen molar-refractivity contribution < 1.29 is 9.47 Å². The van der Waals surface area contributed by atoms with E-state index in [0.717, 1.165) is 0 Å². The maximum absolute atomic E-state index is 8.23. The van der Waals surface area contributed by atoms with E-state index in [1.165, 1.54) is 6.42 Å². The number of nitrogens with zero attached hydrogens (tertiary/aromatic N) is 1. The van der Waals surface area contributed by atoms with Gasteiger partial charge in [0.1, 0.15) is 0 Å². The van der Waals surface area contributed by atoms with Crippen LogP contribution in [-0.2, 0) is 9.47 Å². The molecule has 63 valence electrons. The Morgan fingerprint density at radius 3 is 2.27 bits per heavy atom. The first-order chi connectivity index (χ1) is 5.35. The largest absolute Gasteiger partial charge is 0.353 e. The van der Waals surface area contributed by atoms with Gasteiger partial charge < -0.3 is 9.47 Å². The van der Waals surface area contributed by atoms with Gasteiger partial charge in [-0.25, -0.2) is 0 Å². The minimum absolute atomic E-state index is 0.246. The predicted molar refractivity (Wildman–Crippen MR) is 41.6 cm³/mol. The maximum atomic E-state index is 8.23. The van der Waals surface area contributed by atoms with Crippen LogP contribution in [0.15, 0.2) is 0 Å². The first-order valence-corrected chi connectivity index (χ1v) is 3.79. The lowest BCUT2D eigenvalue weighted by Gasteiger charge is -2.14. The lowest BCUT2D eigenvalue weighted by Crippen LogP contribution is -2.16. The maximum Gasteiger partial charge on any atom is 0.158 e. The molecular formula is C8H14NO2. The summed E-state index contributed by atoms with van der Waals surface area (Å²) in [4.78, 5) is 0. The van der Waals surface area contributed by atoms with E-state index in [1.807, 2.05) is 19.9 Å². The van der Waals surface area contributed by atoms with Crippen molar-refractivity contribution in [1.82, 2.24) is 0 Å². The molecular weight excluding hydrogens is 142 g/mol. The Morgan fingerprint density at radius 2 is 1.91 bits per heavy atom. The summed E-state index contributed by atoms with van der Waals surface area (Å²) in [5, 5.41) is 8.23. The van der Waals surface area contributed by atoms with Crippen LogP contribution in [0.5, 0.6) is 0 Å². The van der Waals surface area contributed by atoms with Gasteiger partial charge in [0, 0.05) is 19.6 Å². The molecule has 3 heteroatoms. The Kier molecular flexibility index (Phi) is 7.11. The molecule has 0 aromatic rings. The molecule has 1 radical (unpaired) electrons. The van der Waals surface area contributed by atoms with Crippen LogP contribution < -0.4 is 0 Å². The van der Waals surface area contributed by atoms with Crippen LogP contribution in [0.1, 0.15) is 20.3 Å². The van der Waals surface area contributed by atoms with E-state index in [-0.39, 0.29) is 6.29 Å². The fourth-order valence-electron chi connectivity index (χ4n) is 0.705. The molecule has 0 saturated heterocycles. The third kappa shape index (κ3) is 5.84. The first kappa shape index (κ1) is 10.4. The average Bonchev–Trinajstić information content (AvgIpc) is 2.01. The van der Waals surface area contributed by atoms with Crippen molar-refractivity contribution in [3.05, 3.63) is 6.42 Å². The highest BCUT2D eigenvalue weighted by molar-refractivity contribution is 4.91. The van der Waals surface area contributed by atoms with Crippen LogP contribution in [-0.4, -0.2) is 19.5 Å². The van der Waals surface area contributed by atoms with Crippen LogP contribution in [0.25, 0.3) is 0 Å². The van der Waals surface area contributed by atoms with Crippen LogP contribution >= 0.6 is 0 Å². The smallest absolute Gasteiger partial charge is 0.158 e. The van der Waals surface area contributed by atoms with Crippen LogP contribution in [0.3, 0.4) is 0 Å². The number of nitriles is 1. The van der Waals surface area contributed by atoms with Gasteiger partial charge in [0.15, 0.2) is 6.29 Å². The summed E-state index contributed by atoms with van der Waals surface area (Å²) in [5.41, 5.74) is 0. The second kappa shape index (κ2) is 7.52. The summed E-state index contributed by atoms with van der Waals surface area (Å²) in [6.45, 7) is 5.03. The molecule has 0 aliphatic heterocycles. The van der Waals surface area contributed by atoms with Gasteiger partial charge in [0.25, 0.3) is 0 Å². The molecule has 0 unspecified atom stereocenters. The topological polar surface area (TPSA) is 42.2 Å². The van der Waals surface area contributed by atoms with Gasteiger partial charge in [-0.2, -0.15) is 5.26 Å². The van der Waals surface area contributed by atoms with E-state index < -0.39 is 0 Å². The molecule has 0 bridgehead atoms. The molecule has 11 heavy (non-hydrogen) atoms. The summed E-state index contributed by atoms with van der Waals surface area (Å²) >= 11 is 0. The highest BCUT2D eigenvalue weighted by Gasteiger charge is 2.06. The molecule has 0 fully saturated rings. The molecule has 0 aliphatic rings. The Balaban J connectivity index is 3.44. The summed E-state index contributed by atoms with van der Waals surface area (Å²) < 4.78 is 10.4. The summed E-state index contributed by atoms with van der Waals surface area (Å²) in [6.07, 6.45) is 1.78. The zero-order valence-electron chi connectivity index (χ0n) is 7.04. The minimum Gasteiger partial charge on any atom is -0.353 e. The van der Waals surface area contributed by atoms with Crippen molar-refractivity contribution >= 4 is 0 Å². The molecule has 0 spiro atoms. The van der Waals surface area contributed by atoms with E-state index in [9.17, 15) is 0 Å². The van der Waals surface area contributed by atoms with Crippen molar-refractivity contribution in [2.24, 2.45) is 0 Å². The van der Waals surface area contributed by atoms with Gasteiger partial charge in [0.05, 0.1) is 12.5 Å². The fraction of sp³-hybridized carbons (Fsp3) is 0.750. The van der Waals surface area contributed by atoms with Gasteiger partial charge in [-0.15, -0.1) is 0 Å². The second-order valence-electron chi connectivity index (χ2n) is 1.91. The molecule has 0 heterocycles. The molecule has 0 N–H and O–H groups in total. The monoisotopic (exact) mass is 156 g/mol. The number of rotatable bonds is 6. The highest BCUT2D eigenvalue weighted by Crippen LogP contribution is 2.02. The molecule has 0 aliphatic carbocycles. The summed E-state index contributed by atoms with van der Waals surface area (Å²) in [6, 6.07) is 1.93. The lowest BCUT2D eigenvalue weighted by molar-refractivity contribution is -0.134. The normalized spacial score (nSPS) is 10.0. The van der Waals surface area contributed by atoms with Crippen molar-refractivity contribution in [2.75, 3.05) is 13.2 Å². The van der Waals surface area contributed by atoms with E-state index in [1.54, 1.807) is 0 Å².